The van der Waals surface area contributed by atoms with Crippen molar-refractivity contribution in [1.82, 2.24) is 4.98 Å². The molecule has 1 fully saturated rings. The molecular formula is C18H32N2O3Si. The fourth-order valence-corrected chi connectivity index (χ4v) is 4.18. The largest absolute Gasteiger partial charge is 0.411 e. The van der Waals surface area contributed by atoms with Crippen molar-refractivity contribution in [3.8, 4) is 0 Å². The van der Waals surface area contributed by atoms with Crippen LogP contribution in [0.5, 0.6) is 0 Å². The first-order chi connectivity index (χ1) is 10.8. The van der Waals surface area contributed by atoms with Crippen LogP contribution in [0.25, 0.3) is 0 Å². The molecule has 24 heavy (non-hydrogen) atoms. The number of ether oxygens (including phenoxy) is 1. The molecule has 0 radical (unpaired) electrons. The Kier molecular flexibility index (Phi) is 5.17. The van der Waals surface area contributed by atoms with Gasteiger partial charge in [0.25, 0.3) is 0 Å². The average molecular weight is 353 g/mol. The van der Waals surface area contributed by atoms with Gasteiger partial charge in [-0.1, -0.05) is 20.8 Å². The SMILES string of the molecule is CC1(C)O[C@H](c2ccncc2N)C[C@@H](O[Si](C)(C)C(C)(C)C)[C@H]1O. The highest BCUT2D eigenvalue weighted by Gasteiger charge is 2.48. The average Bonchev–Trinajstić information content (AvgIpc) is 2.42. The first kappa shape index (κ1) is 19.4. The van der Waals surface area contributed by atoms with Crippen molar-refractivity contribution >= 4 is 14.0 Å². The molecule has 0 aromatic carbocycles. The Morgan fingerprint density at radius 2 is 2.00 bits per heavy atom. The van der Waals surface area contributed by atoms with Crippen LogP contribution < -0.4 is 5.73 Å². The second kappa shape index (κ2) is 6.41. The van der Waals surface area contributed by atoms with E-state index in [2.05, 4.69) is 38.8 Å². The van der Waals surface area contributed by atoms with Gasteiger partial charge in [-0.05, 0) is 38.0 Å². The summed E-state index contributed by atoms with van der Waals surface area (Å²) in [6.45, 7) is 14.8. The molecule has 2 heterocycles. The molecule has 0 saturated carbocycles. The normalized spacial score (nSPS) is 27.9. The molecule has 1 aromatic rings. The Balaban J connectivity index is 2.29. The molecule has 6 heteroatoms. The lowest BCUT2D eigenvalue weighted by atomic mass is 9.87. The summed E-state index contributed by atoms with van der Waals surface area (Å²) in [4.78, 5) is 4.05. The molecule has 0 amide bonds. The molecule has 1 aromatic heterocycles. The maximum absolute atomic E-state index is 10.8. The van der Waals surface area contributed by atoms with Crippen LogP contribution in [0.3, 0.4) is 0 Å². The minimum Gasteiger partial charge on any atom is -0.411 e. The van der Waals surface area contributed by atoms with Crippen molar-refractivity contribution in [2.75, 3.05) is 5.73 Å². The summed E-state index contributed by atoms with van der Waals surface area (Å²) in [5.74, 6) is 0. The highest BCUT2D eigenvalue weighted by Crippen LogP contribution is 2.44. The Morgan fingerprint density at radius 1 is 1.38 bits per heavy atom. The number of nitrogens with two attached hydrogens (primary N) is 1. The molecule has 5 nitrogen and oxygen atoms in total. The maximum Gasteiger partial charge on any atom is 0.192 e. The van der Waals surface area contributed by atoms with Gasteiger partial charge in [-0.15, -0.1) is 0 Å². The van der Waals surface area contributed by atoms with Gasteiger partial charge in [0.05, 0.1) is 29.7 Å². The van der Waals surface area contributed by atoms with Gasteiger partial charge in [-0.25, -0.2) is 0 Å². The molecule has 136 valence electrons. The van der Waals surface area contributed by atoms with Gasteiger partial charge in [0, 0.05) is 18.2 Å². The number of aliphatic hydroxyl groups excluding tert-OH is 1. The molecule has 1 aliphatic rings. The molecule has 0 spiro atoms. The molecule has 1 aliphatic heterocycles. The molecule has 0 bridgehead atoms. The van der Waals surface area contributed by atoms with E-state index in [1.54, 1.807) is 12.4 Å². The van der Waals surface area contributed by atoms with Crippen molar-refractivity contribution in [3.63, 3.8) is 0 Å². The number of aromatic nitrogens is 1. The highest BCUT2D eigenvalue weighted by molar-refractivity contribution is 6.74. The topological polar surface area (TPSA) is 77.6 Å². The van der Waals surface area contributed by atoms with E-state index < -0.39 is 20.0 Å². The van der Waals surface area contributed by atoms with E-state index in [1.807, 2.05) is 19.9 Å². The number of nitrogens with zero attached hydrogens (tertiary/aromatic N) is 1. The lowest BCUT2D eigenvalue weighted by molar-refractivity contribution is -0.210. The minimum absolute atomic E-state index is 0.0837. The van der Waals surface area contributed by atoms with Crippen LogP contribution in [0.2, 0.25) is 18.1 Å². The Hall–Kier alpha value is -0.953. The number of hydrogen-bond donors (Lipinski definition) is 2. The van der Waals surface area contributed by atoms with Crippen molar-refractivity contribution < 1.29 is 14.3 Å². The molecule has 3 N–H and O–H groups in total. The van der Waals surface area contributed by atoms with Gasteiger partial charge in [-0.3, -0.25) is 4.98 Å². The lowest BCUT2D eigenvalue weighted by Crippen LogP contribution is -2.57. The second-order valence-corrected chi connectivity index (χ2v) is 13.6. The zero-order chi connectivity index (χ0) is 18.3. The monoisotopic (exact) mass is 352 g/mol. The van der Waals surface area contributed by atoms with E-state index in [0.29, 0.717) is 12.1 Å². The quantitative estimate of drug-likeness (QED) is 0.812. The van der Waals surface area contributed by atoms with Crippen LogP contribution in [-0.4, -0.2) is 36.2 Å². The maximum atomic E-state index is 10.8. The number of nitrogen functional groups attached to an aromatic ring is 1. The van der Waals surface area contributed by atoms with E-state index >= 15 is 0 Å². The first-order valence-electron chi connectivity index (χ1n) is 8.58. The van der Waals surface area contributed by atoms with Crippen LogP contribution in [0.1, 0.15) is 52.7 Å². The van der Waals surface area contributed by atoms with Gasteiger partial charge in [0.15, 0.2) is 8.32 Å². The number of rotatable bonds is 3. The van der Waals surface area contributed by atoms with E-state index in [4.69, 9.17) is 14.9 Å². The van der Waals surface area contributed by atoms with E-state index in [9.17, 15) is 5.11 Å². The third kappa shape index (κ3) is 3.82. The first-order valence-corrected chi connectivity index (χ1v) is 11.5. The van der Waals surface area contributed by atoms with E-state index in [1.165, 1.54) is 0 Å². The van der Waals surface area contributed by atoms with Gasteiger partial charge >= 0.3 is 0 Å². The third-order valence-corrected chi connectivity index (χ3v) is 9.95. The molecular weight excluding hydrogens is 320 g/mol. The van der Waals surface area contributed by atoms with Crippen molar-refractivity contribution in [2.45, 2.75) is 83.1 Å². The van der Waals surface area contributed by atoms with Crippen molar-refractivity contribution in [3.05, 3.63) is 24.0 Å². The summed E-state index contributed by atoms with van der Waals surface area (Å²) in [5, 5.41) is 10.9. The van der Waals surface area contributed by atoms with Gasteiger partial charge in [0.1, 0.15) is 6.10 Å². The summed E-state index contributed by atoms with van der Waals surface area (Å²) in [6.07, 6.45) is 2.79. The fraction of sp³-hybridized carbons (Fsp3) is 0.722. The number of pyridine rings is 1. The third-order valence-electron chi connectivity index (χ3n) is 5.44. The minimum atomic E-state index is -2.00. The summed E-state index contributed by atoms with van der Waals surface area (Å²) < 4.78 is 12.7. The fourth-order valence-electron chi connectivity index (χ4n) is 2.84. The Morgan fingerprint density at radius 3 is 2.54 bits per heavy atom. The molecule has 1 saturated heterocycles. The number of anilines is 1. The van der Waals surface area contributed by atoms with E-state index in [0.717, 1.165) is 5.56 Å². The van der Waals surface area contributed by atoms with Gasteiger partial charge in [0.2, 0.25) is 0 Å². The lowest BCUT2D eigenvalue weighted by Gasteiger charge is -2.48. The molecule has 2 rings (SSSR count). The summed E-state index contributed by atoms with van der Waals surface area (Å²) in [7, 11) is -2.00. The van der Waals surface area contributed by atoms with Crippen LogP contribution in [0.15, 0.2) is 18.5 Å². The van der Waals surface area contributed by atoms with Crippen LogP contribution in [0, 0.1) is 0 Å². The Bertz CT molecular complexity index is 584. The standard InChI is InChI=1S/C18H32N2O3Si/c1-17(2,3)24(6,7)23-15-10-14(22-18(4,5)16(15)21)12-8-9-20-11-13(12)19/h8-9,11,14-16,21H,10,19H2,1-7H3/t14-,15+,16+/m0/s1. The van der Waals surface area contributed by atoms with Crippen LogP contribution in [-0.2, 0) is 9.16 Å². The van der Waals surface area contributed by atoms with Crippen molar-refractivity contribution in [1.29, 1.82) is 0 Å². The molecule has 0 aliphatic carbocycles. The predicted molar refractivity (Wildman–Crippen MR) is 99.2 cm³/mol. The number of hydrogen-bond acceptors (Lipinski definition) is 5. The molecule has 0 unspecified atom stereocenters. The Labute approximate surface area is 146 Å². The smallest absolute Gasteiger partial charge is 0.192 e. The zero-order valence-corrected chi connectivity index (χ0v) is 17.0. The van der Waals surface area contributed by atoms with Crippen molar-refractivity contribution in [2.24, 2.45) is 0 Å². The summed E-state index contributed by atoms with van der Waals surface area (Å²) in [5.41, 5.74) is 6.90. The molecule has 3 atom stereocenters. The summed E-state index contributed by atoms with van der Waals surface area (Å²) >= 11 is 0. The van der Waals surface area contributed by atoms with Crippen LogP contribution >= 0.6 is 0 Å². The zero-order valence-electron chi connectivity index (χ0n) is 16.0. The van der Waals surface area contributed by atoms with Gasteiger partial charge < -0.3 is 20.0 Å². The second-order valence-electron chi connectivity index (χ2n) is 8.81. The predicted octanol–water partition coefficient (Wildman–Crippen LogP) is 3.66. The summed E-state index contributed by atoms with van der Waals surface area (Å²) in [6, 6.07) is 1.89. The highest BCUT2D eigenvalue weighted by atomic mass is 28.4. The van der Waals surface area contributed by atoms with Gasteiger partial charge in [-0.2, -0.15) is 0 Å². The van der Waals surface area contributed by atoms with Crippen LogP contribution in [0.4, 0.5) is 5.69 Å². The van der Waals surface area contributed by atoms with E-state index in [-0.39, 0.29) is 17.2 Å². The number of aliphatic hydroxyl groups is 1.